The van der Waals surface area contributed by atoms with Crippen molar-refractivity contribution < 1.29 is 29.2 Å². The fourth-order valence-electron chi connectivity index (χ4n) is 4.33. The molecule has 1 aromatic carbocycles. The molecule has 8 N–H and O–H groups in total. The molecule has 0 saturated carbocycles. The van der Waals surface area contributed by atoms with Crippen LogP contribution in [-0.2, 0) is 4.74 Å². The average molecular weight is 443 g/mol. The van der Waals surface area contributed by atoms with E-state index in [0.717, 1.165) is 0 Å². The van der Waals surface area contributed by atoms with Gasteiger partial charge in [0.15, 0.2) is 29.5 Å². The minimum Gasteiger partial charge on any atom is -0.451 e. The van der Waals surface area contributed by atoms with Gasteiger partial charge in [0.1, 0.15) is 0 Å². The largest absolute Gasteiger partial charge is 0.451 e. The SMILES string of the molecule is Cc1cc(Cl)c(F)c(C(=O)O[C@H]2CN3C(=N)N[C@@H](CO)[C@@H]4NC(=N)N[C@@]43C2(O)O)c1. The lowest BCUT2D eigenvalue weighted by atomic mass is 9.85. The number of carbonyl (C=O) groups is 1. The molecular formula is C17H20ClFN6O5. The maximum atomic E-state index is 14.3. The van der Waals surface area contributed by atoms with Crippen molar-refractivity contribution in [3.63, 3.8) is 0 Å². The highest BCUT2D eigenvalue weighted by Gasteiger charge is 2.75. The Morgan fingerprint density at radius 1 is 1.40 bits per heavy atom. The Balaban J connectivity index is 1.70. The first-order chi connectivity index (χ1) is 14.0. The maximum Gasteiger partial charge on any atom is 0.341 e. The molecule has 0 unspecified atom stereocenters. The first-order valence-electron chi connectivity index (χ1n) is 9.01. The number of aliphatic hydroxyl groups is 3. The quantitative estimate of drug-likeness (QED) is 0.202. The number of aryl methyl sites for hydroxylation is 1. The molecule has 3 heterocycles. The van der Waals surface area contributed by atoms with Crippen LogP contribution in [-0.4, -0.2) is 80.9 Å². The monoisotopic (exact) mass is 442 g/mol. The van der Waals surface area contributed by atoms with Crippen molar-refractivity contribution in [2.75, 3.05) is 13.2 Å². The normalized spacial score (nSPS) is 31.4. The Kier molecular flexibility index (Phi) is 4.58. The van der Waals surface area contributed by atoms with Crippen molar-refractivity contribution in [1.82, 2.24) is 20.9 Å². The van der Waals surface area contributed by atoms with E-state index in [1.54, 1.807) is 6.92 Å². The summed E-state index contributed by atoms with van der Waals surface area (Å²) in [7, 11) is 0. The molecule has 0 radical (unpaired) electrons. The summed E-state index contributed by atoms with van der Waals surface area (Å²) in [6.45, 7) is 0.784. The fraction of sp³-hybridized carbons (Fsp3) is 0.471. The first-order valence-corrected chi connectivity index (χ1v) is 9.39. The summed E-state index contributed by atoms with van der Waals surface area (Å²) in [5.74, 6) is -5.52. The van der Waals surface area contributed by atoms with Crippen LogP contribution in [0, 0.1) is 23.6 Å². The van der Waals surface area contributed by atoms with Crippen molar-refractivity contribution in [2.45, 2.75) is 36.6 Å². The summed E-state index contributed by atoms with van der Waals surface area (Å²) < 4.78 is 19.6. The van der Waals surface area contributed by atoms with Gasteiger partial charge in [-0.15, -0.1) is 0 Å². The van der Waals surface area contributed by atoms with Crippen molar-refractivity contribution in [1.29, 1.82) is 10.8 Å². The van der Waals surface area contributed by atoms with E-state index >= 15 is 0 Å². The van der Waals surface area contributed by atoms with Crippen LogP contribution < -0.4 is 16.0 Å². The third kappa shape index (κ3) is 2.64. The minimum atomic E-state index is -2.81. The summed E-state index contributed by atoms with van der Waals surface area (Å²) in [5.41, 5.74) is -1.85. The lowest BCUT2D eigenvalue weighted by Crippen LogP contribution is -2.80. The summed E-state index contributed by atoms with van der Waals surface area (Å²) in [6, 6.07) is 0.745. The van der Waals surface area contributed by atoms with Crippen molar-refractivity contribution in [2.24, 2.45) is 0 Å². The van der Waals surface area contributed by atoms with Crippen molar-refractivity contribution in [3.05, 3.63) is 34.1 Å². The van der Waals surface area contributed by atoms with Gasteiger partial charge in [0.2, 0.25) is 5.79 Å². The highest BCUT2D eigenvalue weighted by Crippen LogP contribution is 2.44. The molecule has 4 rings (SSSR count). The van der Waals surface area contributed by atoms with Gasteiger partial charge in [-0.25, -0.2) is 9.18 Å². The highest BCUT2D eigenvalue weighted by molar-refractivity contribution is 6.31. The van der Waals surface area contributed by atoms with E-state index in [0.29, 0.717) is 5.56 Å². The second-order valence-corrected chi connectivity index (χ2v) is 7.92. The molecule has 11 nitrogen and oxygen atoms in total. The Morgan fingerprint density at radius 2 is 2.10 bits per heavy atom. The van der Waals surface area contributed by atoms with Crippen molar-refractivity contribution in [3.8, 4) is 0 Å². The molecule has 3 fully saturated rings. The molecule has 1 spiro atoms. The molecule has 3 saturated heterocycles. The zero-order valence-corrected chi connectivity index (χ0v) is 16.4. The lowest BCUT2D eigenvalue weighted by molar-refractivity contribution is -0.258. The average Bonchev–Trinajstić information content (AvgIpc) is 3.13. The van der Waals surface area contributed by atoms with Crippen LogP contribution in [0.25, 0.3) is 0 Å². The number of esters is 1. The van der Waals surface area contributed by atoms with Gasteiger partial charge in [0.25, 0.3) is 0 Å². The van der Waals surface area contributed by atoms with Crippen LogP contribution in [0.4, 0.5) is 4.39 Å². The summed E-state index contributed by atoms with van der Waals surface area (Å²) in [4.78, 5) is 13.8. The number of benzene rings is 1. The maximum absolute atomic E-state index is 14.3. The van der Waals surface area contributed by atoms with Crippen LogP contribution >= 0.6 is 11.6 Å². The molecular weight excluding hydrogens is 423 g/mol. The standard InChI is InChI=1S/C17H20ClFN6O5/c1-6-2-7(11(19)8(18)3-6)13(27)30-10-4-25-15(21)22-9(5-26)12-16(25,17(10,28)29)24-14(20)23-12/h2-3,9-10,12,26,28-29H,4-5H2,1H3,(H2,21,22)(H3,20,23,24)/t9-,10-,12-,16-/m0/s1. The lowest BCUT2D eigenvalue weighted by Gasteiger charge is -2.50. The molecule has 30 heavy (non-hydrogen) atoms. The predicted molar refractivity (Wildman–Crippen MR) is 101 cm³/mol. The Labute approximate surface area is 174 Å². The van der Waals surface area contributed by atoms with E-state index in [1.165, 1.54) is 17.0 Å². The molecule has 13 heteroatoms. The van der Waals surface area contributed by atoms with E-state index in [1.807, 2.05) is 0 Å². The van der Waals surface area contributed by atoms with Crippen molar-refractivity contribution >= 4 is 29.5 Å². The number of hydrogen-bond acceptors (Lipinski definition) is 7. The predicted octanol–water partition coefficient (Wildman–Crippen LogP) is -1.60. The number of hydrogen-bond donors (Lipinski definition) is 8. The molecule has 0 aliphatic carbocycles. The minimum absolute atomic E-state index is 0.268. The second-order valence-electron chi connectivity index (χ2n) is 7.51. The number of guanidine groups is 2. The van der Waals surface area contributed by atoms with Gasteiger partial charge in [-0.2, -0.15) is 0 Å². The van der Waals surface area contributed by atoms with E-state index in [2.05, 4.69) is 16.0 Å². The number of halogens is 2. The van der Waals surface area contributed by atoms with Gasteiger partial charge in [-0.05, 0) is 24.6 Å². The Morgan fingerprint density at radius 3 is 2.77 bits per heavy atom. The number of aliphatic hydroxyl groups excluding tert-OH is 1. The molecule has 3 aliphatic heterocycles. The number of carbonyl (C=O) groups excluding carboxylic acids is 1. The second kappa shape index (κ2) is 6.67. The number of ether oxygens (including phenoxy) is 1. The van der Waals surface area contributed by atoms with E-state index in [-0.39, 0.29) is 23.5 Å². The number of rotatable bonds is 3. The third-order valence-electron chi connectivity index (χ3n) is 5.68. The fourth-order valence-corrected chi connectivity index (χ4v) is 4.61. The van der Waals surface area contributed by atoms with Gasteiger partial charge in [-0.3, -0.25) is 10.8 Å². The summed E-state index contributed by atoms with van der Waals surface area (Å²) >= 11 is 5.78. The molecule has 3 aliphatic rings. The van der Waals surface area contributed by atoms with Crippen LogP contribution in [0.5, 0.6) is 0 Å². The van der Waals surface area contributed by atoms with Crippen LogP contribution in [0.15, 0.2) is 12.1 Å². The molecule has 0 bridgehead atoms. The van der Waals surface area contributed by atoms with Gasteiger partial charge in [-0.1, -0.05) is 11.6 Å². The van der Waals surface area contributed by atoms with Crippen LogP contribution in [0.1, 0.15) is 15.9 Å². The molecule has 0 aromatic heterocycles. The third-order valence-corrected chi connectivity index (χ3v) is 5.96. The van der Waals surface area contributed by atoms with Crippen LogP contribution in [0.3, 0.4) is 0 Å². The van der Waals surface area contributed by atoms with Crippen LogP contribution in [0.2, 0.25) is 5.02 Å². The highest BCUT2D eigenvalue weighted by atomic mass is 35.5. The smallest absolute Gasteiger partial charge is 0.341 e. The Bertz CT molecular complexity index is 961. The zero-order chi connectivity index (χ0) is 22.0. The molecule has 1 aromatic rings. The van der Waals surface area contributed by atoms with E-state index < -0.39 is 53.6 Å². The Hall–Kier alpha value is -2.67. The summed E-state index contributed by atoms with van der Waals surface area (Å²) in [6.07, 6.45) is -1.62. The van der Waals surface area contributed by atoms with Gasteiger partial charge < -0.3 is 40.9 Å². The zero-order valence-electron chi connectivity index (χ0n) is 15.7. The molecule has 162 valence electrons. The topological polar surface area (TPSA) is 174 Å². The van der Waals surface area contributed by atoms with E-state index in [9.17, 15) is 24.5 Å². The van der Waals surface area contributed by atoms with E-state index in [4.69, 9.17) is 27.2 Å². The first kappa shape index (κ1) is 20.6. The van der Waals surface area contributed by atoms with Gasteiger partial charge in [0, 0.05) is 0 Å². The van der Waals surface area contributed by atoms with Gasteiger partial charge >= 0.3 is 5.97 Å². The summed E-state index contributed by atoms with van der Waals surface area (Å²) in [5, 5.41) is 55.6. The molecule has 4 atom stereocenters. The molecule has 0 amide bonds. The number of nitrogens with zero attached hydrogens (tertiary/aromatic N) is 1. The van der Waals surface area contributed by atoms with Gasteiger partial charge in [0.05, 0.1) is 35.8 Å². The number of nitrogens with one attached hydrogen (secondary N) is 5.